The first kappa shape index (κ1) is 30.9. The van der Waals surface area contributed by atoms with Gasteiger partial charge in [-0.3, -0.25) is 13.9 Å². The zero-order chi connectivity index (χ0) is 27.9. The number of rotatable bonds is 12. The molecule has 0 saturated carbocycles. The van der Waals surface area contributed by atoms with E-state index in [1.54, 1.807) is 25.1 Å². The van der Waals surface area contributed by atoms with Crippen molar-refractivity contribution in [3.8, 4) is 0 Å². The van der Waals surface area contributed by atoms with Crippen LogP contribution in [-0.4, -0.2) is 50.0 Å². The average molecular weight is 571 g/mol. The van der Waals surface area contributed by atoms with Gasteiger partial charge >= 0.3 is 0 Å². The Labute approximate surface area is 231 Å². The van der Waals surface area contributed by atoms with E-state index in [2.05, 4.69) is 5.32 Å². The molecule has 7 nitrogen and oxygen atoms in total. The van der Waals surface area contributed by atoms with Gasteiger partial charge < -0.3 is 10.2 Å². The molecule has 2 aromatic carbocycles. The van der Waals surface area contributed by atoms with Crippen LogP contribution in [0.1, 0.15) is 56.7 Å². The van der Waals surface area contributed by atoms with Crippen molar-refractivity contribution in [3.63, 3.8) is 0 Å². The lowest BCUT2D eigenvalue weighted by Crippen LogP contribution is -2.49. The molecule has 0 saturated heterocycles. The fourth-order valence-corrected chi connectivity index (χ4v) is 5.25. The van der Waals surface area contributed by atoms with E-state index in [1.165, 1.54) is 9.21 Å². The molecule has 2 unspecified atom stereocenters. The Kier molecular flexibility index (Phi) is 11.3. The van der Waals surface area contributed by atoms with E-state index in [4.69, 9.17) is 23.2 Å². The van der Waals surface area contributed by atoms with Gasteiger partial charge in [-0.25, -0.2) is 8.42 Å². The number of aryl methyl sites for hydroxylation is 2. The maximum atomic E-state index is 13.4. The summed E-state index contributed by atoms with van der Waals surface area (Å²) in [6.45, 7) is 9.69. The van der Waals surface area contributed by atoms with Crippen molar-refractivity contribution in [2.75, 3.05) is 17.1 Å². The maximum absolute atomic E-state index is 13.4. The summed E-state index contributed by atoms with van der Waals surface area (Å²) in [5.74, 6) is -0.512. The van der Waals surface area contributed by atoms with Crippen molar-refractivity contribution in [1.82, 2.24) is 10.2 Å². The van der Waals surface area contributed by atoms with E-state index in [0.29, 0.717) is 15.7 Å². The summed E-state index contributed by atoms with van der Waals surface area (Å²) in [6, 6.07) is 9.93. The van der Waals surface area contributed by atoms with Crippen LogP contribution in [0, 0.1) is 13.8 Å². The van der Waals surface area contributed by atoms with Crippen LogP contribution in [0.4, 0.5) is 5.69 Å². The third-order valence-corrected chi connectivity index (χ3v) is 8.08. The normalized spacial score (nSPS) is 13.1. The van der Waals surface area contributed by atoms with Crippen molar-refractivity contribution in [2.45, 2.75) is 72.5 Å². The zero-order valence-electron chi connectivity index (χ0n) is 22.3. The molecule has 2 atom stereocenters. The van der Waals surface area contributed by atoms with E-state index >= 15 is 0 Å². The van der Waals surface area contributed by atoms with Crippen LogP contribution in [0.3, 0.4) is 0 Å². The Bertz CT molecular complexity index is 1200. The van der Waals surface area contributed by atoms with Crippen LogP contribution in [0.25, 0.3) is 0 Å². The first-order valence-electron chi connectivity index (χ1n) is 12.3. The number of hydrogen-bond donors (Lipinski definition) is 1. The first-order chi connectivity index (χ1) is 17.2. The quantitative estimate of drug-likeness (QED) is 0.366. The molecule has 204 valence electrons. The number of carbonyl (C=O) groups is 2. The van der Waals surface area contributed by atoms with Crippen LogP contribution in [-0.2, 0) is 26.2 Å². The standard InChI is InChI=1S/C27H37Cl2N3O4S/c1-7-20(4)30-27(34)21(5)31(17-22-10-11-24(28)25(29)16-22)26(33)9-8-12-32(37(6,35)36)23-14-18(2)13-19(3)15-23/h10-11,13-16,20-21H,7-9,12,17H2,1-6H3,(H,30,34). The Morgan fingerprint density at radius 1 is 1.00 bits per heavy atom. The van der Waals surface area contributed by atoms with E-state index in [1.807, 2.05) is 45.9 Å². The first-order valence-corrected chi connectivity index (χ1v) is 14.9. The summed E-state index contributed by atoms with van der Waals surface area (Å²) in [5.41, 5.74) is 3.21. The molecule has 2 amide bonds. The van der Waals surface area contributed by atoms with Crippen molar-refractivity contribution < 1.29 is 18.0 Å². The van der Waals surface area contributed by atoms with Crippen molar-refractivity contribution in [3.05, 3.63) is 63.1 Å². The van der Waals surface area contributed by atoms with Gasteiger partial charge in [-0.15, -0.1) is 0 Å². The molecule has 0 aliphatic rings. The smallest absolute Gasteiger partial charge is 0.242 e. The van der Waals surface area contributed by atoms with Gasteiger partial charge in [0.05, 0.1) is 22.0 Å². The van der Waals surface area contributed by atoms with Crippen molar-refractivity contribution >= 4 is 50.7 Å². The summed E-state index contributed by atoms with van der Waals surface area (Å²) in [6.07, 6.45) is 2.28. The molecule has 0 aliphatic heterocycles. The van der Waals surface area contributed by atoms with E-state index in [0.717, 1.165) is 29.4 Å². The van der Waals surface area contributed by atoms with Crippen LogP contribution in [0.2, 0.25) is 10.0 Å². The predicted octanol–water partition coefficient (Wildman–Crippen LogP) is 5.49. The molecule has 0 aliphatic carbocycles. The number of nitrogens with one attached hydrogen (secondary N) is 1. The summed E-state index contributed by atoms with van der Waals surface area (Å²) in [5, 5.41) is 3.69. The molecule has 37 heavy (non-hydrogen) atoms. The predicted molar refractivity (Wildman–Crippen MR) is 152 cm³/mol. The van der Waals surface area contributed by atoms with Gasteiger partial charge in [0.15, 0.2) is 0 Å². The second kappa shape index (κ2) is 13.5. The minimum Gasteiger partial charge on any atom is -0.352 e. The summed E-state index contributed by atoms with van der Waals surface area (Å²) in [4.78, 5) is 27.8. The molecular weight excluding hydrogens is 533 g/mol. The molecular formula is C27H37Cl2N3O4S. The van der Waals surface area contributed by atoms with E-state index < -0.39 is 16.1 Å². The molecule has 10 heteroatoms. The van der Waals surface area contributed by atoms with Crippen LogP contribution in [0.15, 0.2) is 36.4 Å². The monoisotopic (exact) mass is 569 g/mol. The number of benzene rings is 2. The molecule has 2 aromatic rings. The van der Waals surface area contributed by atoms with Gasteiger partial charge in [0.2, 0.25) is 21.8 Å². The van der Waals surface area contributed by atoms with Gasteiger partial charge in [0.25, 0.3) is 0 Å². The second-order valence-electron chi connectivity index (χ2n) is 9.55. The van der Waals surface area contributed by atoms with Crippen molar-refractivity contribution in [2.24, 2.45) is 0 Å². The fraction of sp³-hybridized carbons (Fsp3) is 0.481. The van der Waals surface area contributed by atoms with Gasteiger partial charge in [0.1, 0.15) is 6.04 Å². The highest BCUT2D eigenvalue weighted by Gasteiger charge is 2.27. The van der Waals surface area contributed by atoms with Crippen molar-refractivity contribution in [1.29, 1.82) is 0 Å². The Morgan fingerprint density at radius 2 is 1.62 bits per heavy atom. The highest BCUT2D eigenvalue weighted by atomic mass is 35.5. The SMILES string of the molecule is CCC(C)NC(=O)C(C)N(Cc1ccc(Cl)c(Cl)c1)C(=O)CCCN(c1cc(C)cc(C)c1)S(C)(=O)=O. The van der Waals surface area contributed by atoms with Crippen LogP contribution < -0.4 is 9.62 Å². The number of carbonyl (C=O) groups excluding carboxylic acids is 2. The average Bonchev–Trinajstić information content (AvgIpc) is 2.80. The highest BCUT2D eigenvalue weighted by molar-refractivity contribution is 7.92. The highest BCUT2D eigenvalue weighted by Crippen LogP contribution is 2.25. The maximum Gasteiger partial charge on any atom is 0.242 e. The summed E-state index contributed by atoms with van der Waals surface area (Å²) < 4.78 is 26.4. The molecule has 0 bridgehead atoms. The Hall–Kier alpha value is -2.29. The third kappa shape index (κ3) is 9.20. The lowest BCUT2D eigenvalue weighted by atomic mass is 10.1. The molecule has 0 spiro atoms. The molecule has 0 heterocycles. The minimum absolute atomic E-state index is 0.0296. The molecule has 2 rings (SSSR count). The molecule has 0 aromatic heterocycles. The number of hydrogen-bond acceptors (Lipinski definition) is 4. The van der Waals surface area contributed by atoms with Crippen LogP contribution >= 0.6 is 23.2 Å². The lowest BCUT2D eigenvalue weighted by molar-refractivity contribution is -0.140. The number of halogens is 2. The van der Waals surface area contributed by atoms with Gasteiger partial charge in [-0.1, -0.05) is 42.3 Å². The minimum atomic E-state index is -3.56. The number of amides is 2. The van der Waals surface area contributed by atoms with Crippen LogP contribution in [0.5, 0.6) is 0 Å². The van der Waals surface area contributed by atoms with E-state index in [-0.39, 0.29) is 43.8 Å². The fourth-order valence-electron chi connectivity index (χ4n) is 3.98. The molecule has 0 radical (unpaired) electrons. The Morgan fingerprint density at radius 3 is 2.16 bits per heavy atom. The van der Waals surface area contributed by atoms with Gasteiger partial charge in [0, 0.05) is 25.6 Å². The number of nitrogens with zero attached hydrogens (tertiary/aromatic N) is 2. The topological polar surface area (TPSA) is 86.8 Å². The van der Waals surface area contributed by atoms with Gasteiger partial charge in [-0.05, 0) is 81.5 Å². The Balaban J connectivity index is 2.23. The molecule has 1 N–H and O–H groups in total. The van der Waals surface area contributed by atoms with E-state index in [9.17, 15) is 18.0 Å². The summed E-state index contributed by atoms with van der Waals surface area (Å²) >= 11 is 12.2. The number of sulfonamides is 1. The molecule has 0 fully saturated rings. The zero-order valence-corrected chi connectivity index (χ0v) is 24.7. The second-order valence-corrected chi connectivity index (χ2v) is 12.3. The third-order valence-electron chi connectivity index (χ3n) is 6.15. The number of anilines is 1. The van der Waals surface area contributed by atoms with Gasteiger partial charge in [-0.2, -0.15) is 0 Å². The lowest BCUT2D eigenvalue weighted by Gasteiger charge is -2.30. The summed E-state index contributed by atoms with van der Waals surface area (Å²) in [7, 11) is -3.56. The largest absolute Gasteiger partial charge is 0.352 e.